The van der Waals surface area contributed by atoms with Gasteiger partial charge in [0.05, 0.1) is 5.69 Å². The van der Waals surface area contributed by atoms with Crippen molar-refractivity contribution in [1.82, 2.24) is 5.01 Å². The Morgan fingerprint density at radius 2 is 1.39 bits per heavy atom. The third-order valence-corrected chi connectivity index (χ3v) is 2.42. The van der Waals surface area contributed by atoms with Gasteiger partial charge in [-0.1, -0.05) is 18.2 Å². The van der Waals surface area contributed by atoms with Crippen LogP contribution in [0.5, 0.6) is 0 Å². The van der Waals surface area contributed by atoms with Gasteiger partial charge in [-0.05, 0) is 24.3 Å². The molecule has 0 aliphatic carbocycles. The summed E-state index contributed by atoms with van der Waals surface area (Å²) in [5.74, 6) is 0. The van der Waals surface area contributed by atoms with Crippen molar-refractivity contribution in [2.75, 3.05) is 5.01 Å². The molecule has 1 aromatic rings. The number of para-hydroxylation sites is 1. The molecule has 0 bridgehead atoms. The normalized spacial score (nSPS) is 12.8. The van der Waals surface area contributed by atoms with Gasteiger partial charge < -0.3 is 31.1 Å². The molecule has 1 radical (unpaired) electrons. The second kappa shape index (κ2) is 11.3. The summed E-state index contributed by atoms with van der Waals surface area (Å²) < 4.78 is 8.88. The summed E-state index contributed by atoms with van der Waals surface area (Å²) in [5, 5.41) is 4.18. The molecule has 0 saturated heterocycles. The molecule has 23 heavy (non-hydrogen) atoms. The van der Waals surface area contributed by atoms with E-state index in [2.05, 4.69) is 52.8 Å². The van der Waals surface area contributed by atoms with Crippen LogP contribution in [0.3, 0.4) is 0 Å². The van der Waals surface area contributed by atoms with E-state index in [0.717, 1.165) is 0 Å². The maximum Gasteiger partial charge on any atom is 0.466 e. The molecule has 0 aromatic heterocycles. The molecule has 9 nitrogen and oxygen atoms in total. The molecule has 1 aromatic carbocycles. The predicted octanol–water partition coefficient (Wildman–Crippen LogP) is 1.45. The van der Waals surface area contributed by atoms with Gasteiger partial charge in [0.1, 0.15) is 0 Å². The Morgan fingerprint density at radius 3 is 2.00 bits per heavy atom. The van der Waals surface area contributed by atoms with Gasteiger partial charge in [-0.15, -0.1) is 0 Å². The van der Waals surface area contributed by atoms with E-state index in [1.54, 1.807) is 0 Å². The van der Waals surface area contributed by atoms with E-state index in [-0.39, 0.29) is 36.9 Å². The molecule has 131 valence electrons. The number of rotatable bonds is 0. The van der Waals surface area contributed by atoms with Gasteiger partial charge in [0.15, 0.2) is 0 Å². The SMILES string of the molecule is C1=CN2C=Cc3ccccc3N2C=C1.O=P(O)(O)O.[O-2].[O-2].[O-2].[Re]. The van der Waals surface area contributed by atoms with Gasteiger partial charge in [0.25, 0.3) is 0 Å². The minimum Gasteiger partial charge on any atom is -2.00 e. The number of anilines is 1. The topological polar surface area (TPSA) is 170 Å². The van der Waals surface area contributed by atoms with Crippen LogP contribution in [0.4, 0.5) is 5.69 Å². The first-order valence-electron chi connectivity index (χ1n) is 5.43. The summed E-state index contributed by atoms with van der Waals surface area (Å²) in [6.45, 7) is 0. The molecule has 11 heteroatoms. The van der Waals surface area contributed by atoms with Crippen LogP contribution >= 0.6 is 7.82 Å². The number of hydrazine groups is 1. The zero-order valence-corrected chi connectivity index (χ0v) is 15.1. The summed E-state index contributed by atoms with van der Waals surface area (Å²) in [6.07, 6.45) is 12.3. The number of fused-ring (bicyclic) bond motifs is 3. The van der Waals surface area contributed by atoms with Crippen LogP contribution in [0.15, 0.2) is 55.0 Å². The van der Waals surface area contributed by atoms with Gasteiger partial charge >= 0.3 is 7.82 Å². The van der Waals surface area contributed by atoms with Crippen LogP contribution in [0, 0.1) is 0 Å². The number of phosphoric acid groups is 1. The zero-order valence-electron chi connectivity index (χ0n) is 11.5. The third-order valence-electron chi connectivity index (χ3n) is 2.42. The number of hydrogen-bond donors (Lipinski definition) is 3. The van der Waals surface area contributed by atoms with Crippen molar-refractivity contribution >= 4 is 19.6 Å². The van der Waals surface area contributed by atoms with Crippen molar-refractivity contribution in [2.24, 2.45) is 0 Å². The van der Waals surface area contributed by atoms with Crippen LogP contribution in [0.25, 0.3) is 6.08 Å². The minimum atomic E-state index is -4.64. The summed E-state index contributed by atoms with van der Waals surface area (Å²) in [7, 11) is -4.64. The Morgan fingerprint density at radius 1 is 0.870 bits per heavy atom. The number of nitrogens with zero attached hydrogens (tertiary/aromatic N) is 2. The molecule has 3 N–H and O–H groups in total. The summed E-state index contributed by atoms with van der Waals surface area (Å²) >= 11 is 0. The third kappa shape index (κ3) is 8.20. The molecule has 2 aliphatic heterocycles. The second-order valence-corrected chi connectivity index (χ2v) is 4.82. The fourth-order valence-electron chi connectivity index (χ4n) is 1.74. The molecule has 0 atom stereocenters. The first kappa shape index (κ1) is 26.6. The van der Waals surface area contributed by atoms with Crippen LogP contribution < -0.4 is 5.01 Å². The number of allylic oxidation sites excluding steroid dienone is 2. The Labute approximate surface area is 146 Å². The Hall–Kier alpha value is -1.31. The van der Waals surface area contributed by atoms with Gasteiger partial charge in [0, 0.05) is 44.6 Å². The van der Waals surface area contributed by atoms with E-state index < -0.39 is 7.82 Å². The minimum absolute atomic E-state index is 0. The van der Waals surface area contributed by atoms with Crippen LogP contribution in [-0.4, -0.2) is 19.7 Å². The summed E-state index contributed by atoms with van der Waals surface area (Å²) in [5.41, 5.74) is 2.47. The monoisotopic (exact) mass is 515 g/mol. The fourth-order valence-corrected chi connectivity index (χ4v) is 1.74. The predicted molar refractivity (Wildman–Crippen MR) is 74.4 cm³/mol. The van der Waals surface area contributed by atoms with Crippen LogP contribution in [-0.2, 0) is 41.4 Å². The van der Waals surface area contributed by atoms with Crippen LogP contribution in [0.1, 0.15) is 5.56 Å². The first-order chi connectivity index (χ1) is 8.95. The van der Waals surface area contributed by atoms with Crippen molar-refractivity contribution in [2.45, 2.75) is 0 Å². The molecule has 2 heterocycles. The average Bonchev–Trinajstić information content (AvgIpc) is 2.37. The maximum atomic E-state index is 8.88. The van der Waals surface area contributed by atoms with Gasteiger partial charge in [-0.2, -0.15) is 0 Å². The Kier molecular flexibility index (Phi) is 13.0. The van der Waals surface area contributed by atoms with Crippen molar-refractivity contribution in [3.63, 3.8) is 0 Å². The Bertz CT molecular complexity index is 595. The number of benzene rings is 1. The summed E-state index contributed by atoms with van der Waals surface area (Å²) in [4.78, 5) is 21.6. The second-order valence-electron chi connectivity index (χ2n) is 3.80. The molecule has 0 unspecified atom stereocenters. The number of hydrogen-bond acceptors (Lipinski definition) is 3. The van der Waals surface area contributed by atoms with Gasteiger partial charge in [-0.3, -0.25) is 10.0 Å². The molecule has 0 saturated carbocycles. The zero-order chi connectivity index (χ0) is 13.9. The van der Waals surface area contributed by atoms with Gasteiger partial charge in [0.2, 0.25) is 0 Å². The van der Waals surface area contributed by atoms with Gasteiger partial charge in [-0.25, -0.2) is 4.57 Å². The molecular weight excluding hydrogens is 501 g/mol. The molecule has 2 aliphatic rings. The van der Waals surface area contributed by atoms with Crippen molar-refractivity contribution in [3.8, 4) is 0 Å². The van der Waals surface area contributed by atoms with Crippen molar-refractivity contribution in [1.29, 1.82) is 0 Å². The van der Waals surface area contributed by atoms with Crippen LogP contribution in [0.2, 0.25) is 0 Å². The van der Waals surface area contributed by atoms with E-state index >= 15 is 0 Å². The quantitative estimate of drug-likeness (QED) is 0.443. The van der Waals surface area contributed by atoms with E-state index in [1.165, 1.54) is 11.3 Å². The van der Waals surface area contributed by atoms with Crippen molar-refractivity contribution in [3.05, 3.63) is 60.6 Å². The van der Waals surface area contributed by atoms with E-state index in [9.17, 15) is 0 Å². The molecule has 0 amide bonds. The summed E-state index contributed by atoms with van der Waals surface area (Å²) in [6, 6.07) is 8.36. The first-order valence-corrected chi connectivity index (χ1v) is 7.00. The molecular formula is C12H13N2O7PRe-6. The average molecular weight is 514 g/mol. The smallest absolute Gasteiger partial charge is 0.466 e. The van der Waals surface area contributed by atoms with E-state index in [4.69, 9.17) is 19.2 Å². The standard InChI is InChI=1S/C12H10N2.H3O4P.3O.Re/c1-2-6-12-11(5-1)7-10-13-8-3-4-9-14(12)13;1-5(2,3)4;;;;/h1-10H;(H3,1,2,3,4);;;;/q;;3*-2;. The van der Waals surface area contributed by atoms with E-state index in [0.29, 0.717) is 0 Å². The molecule has 0 fully saturated rings. The van der Waals surface area contributed by atoms with E-state index in [1.807, 2.05) is 18.4 Å². The molecule has 3 rings (SSSR count). The maximum absolute atomic E-state index is 8.88. The molecule has 0 spiro atoms. The largest absolute Gasteiger partial charge is 2.00 e. The van der Waals surface area contributed by atoms with Crippen molar-refractivity contribution < 1.29 is 56.1 Å². The fraction of sp³-hybridized carbons (Fsp3) is 0. The Balaban J connectivity index is -0.000000400.